The molecular formula is C13H14ClFN4O. The maximum Gasteiger partial charge on any atom is 0.224 e. The van der Waals surface area contributed by atoms with Gasteiger partial charge in [0.05, 0.1) is 16.9 Å². The van der Waals surface area contributed by atoms with Crippen LogP contribution in [0.15, 0.2) is 30.6 Å². The molecule has 5 nitrogen and oxygen atoms in total. The molecule has 0 atom stereocenters. The molecule has 0 aliphatic carbocycles. The molecule has 106 valence electrons. The number of nitrogens with one attached hydrogen (secondary N) is 1. The number of anilines is 2. The topological polar surface area (TPSA) is 72.9 Å². The van der Waals surface area contributed by atoms with Crippen LogP contribution >= 0.6 is 11.6 Å². The summed E-state index contributed by atoms with van der Waals surface area (Å²) >= 11 is 5.73. The molecule has 0 spiro atoms. The summed E-state index contributed by atoms with van der Waals surface area (Å²) < 4.78 is 14.6. The summed E-state index contributed by atoms with van der Waals surface area (Å²) in [5, 5.41) is 7.24. The van der Waals surface area contributed by atoms with E-state index >= 15 is 0 Å². The molecule has 7 heteroatoms. The smallest absolute Gasteiger partial charge is 0.224 e. The normalized spacial score (nSPS) is 10.5. The van der Waals surface area contributed by atoms with Gasteiger partial charge in [0.25, 0.3) is 0 Å². The maximum atomic E-state index is 13.0. The molecule has 0 fully saturated rings. The second-order valence-electron chi connectivity index (χ2n) is 4.31. The molecule has 1 aromatic carbocycles. The molecule has 0 aliphatic heterocycles. The van der Waals surface area contributed by atoms with Gasteiger partial charge in [-0.05, 0) is 24.6 Å². The highest BCUT2D eigenvalue weighted by atomic mass is 35.5. The molecule has 0 saturated heterocycles. The van der Waals surface area contributed by atoms with Crippen molar-refractivity contribution in [2.45, 2.75) is 19.4 Å². The van der Waals surface area contributed by atoms with Crippen molar-refractivity contribution in [3.8, 4) is 0 Å². The Bertz CT molecular complexity index is 614. The van der Waals surface area contributed by atoms with Crippen LogP contribution in [0.25, 0.3) is 0 Å². The number of rotatable bonds is 5. The number of amides is 1. The molecule has 0 saturated carbocycles. The highest BCUT2D eigenvalue weighted by Gasteiger charge is 2.05. The molecule has 0 unspecified atom stereocenters. The fourth-order valence-corrected chi connectivity index (χ4v) is 1.86. The zero-order chi connectivity index (χ0) is 14.5. The maximum absolute atomic E-state index is 13.0. The van der Waals surface area contributed by atoms with Crippen LogP contribution in [-0.4, -0.2) is 15.7 Å². The largest absolute Gasteiger partial charge is 0.396 e. The fraction of sp³-hybridized carbons (Fsp3) is 0.231. The number of nitrogen functional groups attached to an aromatic ring is 1. The summed E-state index contributed by atoms with van der Waals surface area (Å²) in [6.45, 7) is 0.603. The van der Waals surface area contributed by atoms with E-state index in [9.17, 15) is 9.18 Å². The molecule has 0 bridgehead atoms. The summed E-state index contributed by atoms with van der Waals surface area (Å²) in [4.78, 5) is 11.7. The van der Waals surface area contributed by atoms with Crippen LogP contribution in [-0.2, 0) is 11.3 Å². The second-order valence-corrected chi connectivity index (χ2v) is 4.75. The molecule has 2 rings (SSSR count). The van der Waals surface area contributed by atoms with Gasteiger partial charge in [0.15, 0.2) is 0 Å². The standard InChI is InChI=1S/C13H14ClFN4O/c14-9-7-17-19(8-9)5-1-2-13(20)18-10-3-4-11(15)12(16)6-10/h3-4,6-8H,1-2,5,16H2,(H,18,20). The number of hydrogen-bond donors (Lipinski definition) is 2. The summed E-state index contributed by atoms with van der Waals surface area (Å²) in [7, 11) is 0. The first kappa shape index (κ1) is 14.3. The Morgan fingerprint density at radius 1 is 1.50 bits per heavy atom. The van der Waals surface area contributed by atoms with Gasteiger partial charge in [-0.3, -0.25) is 9.48 Å². The highest BCUT2D eigenvalue weighted by molar-refractivity contribution is 6.30. The van der Waals surface area contributed by atoms with E-state index in [1.807, 2.05) is 0 Å². The van der Waals surface area contributed by atoms with E-state index in [0.29, 0.717) is 30.1 Å². The number of benzene rings is 1. The van der Waals surface area contributed by atoms with Crippen molar-refractivity contribution in [3.63, 3.8) is 0 Å². The molecule has 1 aromatic heterocycles. The average Bonchev–Trinajstić information content (AvgIpc) is 2.80. The van der Waals surface area contributed by atoms with Crippen molar-refractivity contribution in [1.82, 2.24) is 9.78 Å². The zero-order valence-electron chi connectivity index (χ0n) is 10.6. The number of carbonyl (C=O) groups excluding carboxylic acids is 1. The lowest BCUT2D eigenvalue weighted by Crippen LogP contribution is -2.13. The number of aryl methyl sites for hydroxylation is 1. The van der Waals surface area contributed by atoms with E-state index in [-0.39, 0.29) is 11.6 Å². The van der Waals surface area contributed by atoms with Crippen molar-refractivity contribution >= 4 is 28.9 Å². The van der Waals surface area contributed by atoms with Gasteiger partial charge in [-0.15, -0.1) is 0 Å². The third kappa shape index (κ3) is 3.96. The molecule has 1 amide bonds. The van der Waals surface area contributed by atoms with Gasteiger partial charge in [0.2, 0.25) is 5.91 Å². The Morgan fingerprint density at radius 2 is 2.30 bits per heavy atom. The number of halogens is 2. The van der Waals surface area contributed by atoms with Gasteiger partial charge in [0, 0.05) is 24.8 Å². The zero-order valence-corrected chi connectivity index (χ0v) is 11.4. The number of carbonyl (C=O) groups is 1. The Hall–Kier alpha value is -2.08. The van der Waals surface area contributed by atoms with Crippen LogP contribution in [0.5, 0.6) is 0 Å². The number of aromatic nitrogens is 2. The molecule has 0 aliphatic rings. The minimum atomic E-state index is -0.501. The first-order valence-corrected chi connectivity index (χ1v) is 6.45. The Balaban J connectivity index is 1.79. The summed E-state index contributed by atoms with van der Waals surface area (Å²) in [5.41, 5.74) is 5.92. The summed E-state index contributed by atoms with van der Waals surface area (Å²) in [6.07, 6.45) is 4.19. The van der Waals surface area contributed by atoms with E-state index in [0.717, 1.165) is 0 Å². The molecule has 2 aromatic rings. The van der Waals surface area contributed by atoms with Gasteiger partial charge in [-0.2, -0.15) is 5.10 Å². The quantitative estimate of drug-likeness (QED) is 0.833. The number of hydrogen-bond acceptors (Lipinski definition) is 3. The first-order chi connectivity index (χ1) is 9.54. The van der Waals surface area contributed by atoms with Crippen molar-refractivity contribution in [2.75, 3.05) is 11.1 Å². The van der Waals surface area contributed by atoms with E-state index < -0.39 is 5.82 Å². The second kappa shape index (κ2) is 6.38. The molecule has 0 radical (unpaired) electrons. The Kier molecular flexibility index (Phi) is 4.57. The van der Waals surface area contributed by atoms with Crippen LogP contribution in [0.1, 0.15) is 12.8 Å². The molecule has 3 N–H and O–H groups in total. The monoisotopic (exact) mass is 296 g/mol. The van der Waals surface area contributed by atoms with Gasteiger partial charge in [0.1, 0.15) is 5.82 Å². The fourth-order valence-electron chi connectivity index (χ4n) is 1.71. The van der Waals surface area contributed by atoms with E-state index in [4.69, 9.17) is 17.3 Å². The van der Waals surface area contributed by atoms with Crippen molar-refractivity contribution in [2.24, 2.45) is 0 Å². The van der Waals surface area contributed by atoms with Gasteiger partial charge in [-0.25, -0.2) is 4.39 Å². The molecule has 20 heavy (non-hydrogen) atoms. The minimum absolute atomic E-state index is 0.00832. The molecular weight excluding hydrogens is 283 g/mol. The Labute approximate surface area is 120 Å². The van der Waals surface area contributed by atoms with Crippen LogP contribution in [0.3, 0.4) is 0 Å². The van der Waals surface area contributed by atoms with Crippen LogP contribution < -0.4 is 11.1 Å². The van der Waals surface area contributed by atoms with E-state index in [1.165, 1.54) is 18.2 Å². The predicted octanol–water partition coefficient (Wildman–Crippen LogP) is 2.68. The third-order valence-corrected chi connectivity index (χ3v) is 2.87. The van der Waals surface area contributed by atoms with Gasteiger partial charge in [-0.1, -0.05) is 11.6 Å². The number of nitrogens with zero attached hydrogens (tertiary/aromatic N) is 2. The van der Waals surface area contributed by atoms with Crippen LogP contribution in [0.2, 0.25) is 5.02 Å². The van der Waals surface area contributed by atoms with E-state index in [2.05, 4.69) is 10.4 Å². The molecule has 1 heterocycles. The van der Waals surface area contributed by atoms with Gasteiger partial charge >= 0.3 is 0 Å². The van der Waals surface area contributed by atoms with Gasteiger partial charge < -0.3 is 11.1 Å². The number of nitrogens with two attached hydrogens (primary N) is 1. The van der Waals surface area contributed by atoms with Crippen molar-refractivity contribution in [1.29, 1.82) is 0 Å². The summed E-state index contributed by atoms with van der Waals surface area (Å²) in [5.74, 6) is -0.659. The summed E-state index contributed by atoms with van der Waals surface area (Å²) in [6, 6.07) is 4.08. The van der Waals surface area contributed by atoms with Crippen LogP contribution in [0.4, 0.5) is 15.8 Å². The van der Waals surface area contributed by atoms with Crippen molar-refractivity contribution < 1.29 is 9.18 Å². The van der Waals surface area contributed by atoms with Crippen molar-refractivity contribution in [3.05, 3.63) is 41.4 Å². The highest BCUT2D eigenvalue weighted by Crippen LogP contribution is 2.16. The SMILES string of the molecule is Nc1cc(NC(=O)CCCn2cc(Cl)cn2)ccc1F. The first-order valence-electron chi connectivity index (χ1n) is 6.07. The Morgan fingerprint density at radius 3 is 2.95 bits per heavy atom. The third-order valence-electron chi connectivity index (χ3n) is 2.67. The minimum Gasteiger partial charge on any atom is -0.396 e. The lowest BCUT2D eigenvalue weighted by atomic mass is 10.2. The van der Waals surface area contributed by atoms with Crippen LogP contribution in [0, 0.1) is 5.82 Å². The average molecular weight is 297 g/mol. The lowest BCUT2D eigenvalue weighted by molar-refractivity contribution is -0.116. The lowest BCUT2D eigenvalue weighted by Gasteiger charge is -2.06. The van der Waals surface area contributed by atoms with E-state index in [1.54, 1.807) is 17.1 Å². The predicted molar refractivity (Wildman–Crippen MR) is 75.9 cm³/mol.